The number of nitrogens with zero attached hydrogens (tertiary/aromatic N) is 1. The average Bonchev–Trinajstić information content (AvgIpc) is 3.25. The van der Waals surface area contributed by atoms with Gasteiger partial charge in [-0.2, -0.15) is 0 Å². The molecule has 1 heterocycles. The fraction of sp³-hybridized carbons (Fsp3) is 0.231. The smallest absolute Gasteiger partial charge is 0.315 e. The molecule has 1 atom stereocenters. The highest BCUT2D eigenvalue weighted by atomic mass is 19.1. The molecule has 0 radical (unpaired) electrons. The normalized spacial score (nSPS) is 17.9. The molecule has 1 fully saturated rings. The van der Waals surface area contributed by atoms with E-state index < -0.39 is 11.4 Å². The van der Waals surface area contributed by atoms with E-state index in [2.05, 4.69) is 0 Å². The van der Waals surface area contributed by atoms with Crippen molar-refractivity contribution in [3.05, 3.63) is 89.7 Å². The van der Waals surface area contributed by atoms with E-state index in [0.29, 0.717) is 24.3 Å². The second-order valence-corrected chi connectivity index (χ2v) is 8.25. The Bertz CT molecular complexity index is 1110. The molecule has 3 aromatic carbocycles. The zero-order valence-corrected chi connectivity index (χ0v) is 17.8. The van der Waals surface area contributed by atoms with Gasteiger partial charge in [-0.25, -0.2) is 4.39 Å². The van der Waals surface area contributed by atoms with Crippen LogP contribution in [-0.2, 0) is 4.79 Å². The predicted molar refractivity (Wildman–Crippen MR) is 119 cm³/mol. The Morgan fingerprint density at radius 2 is 1.56 bits per heavy atom. The van der Waals surface area contributed by atoms with E-state index in [-0.39, 0.29) is 24.9 Å². The molecule has 32 heavy (non-hydrogen) atoms. The number of aliphatic carboxylic acids is 1. The lowest BCUT2D eigenvalue weighted by Gasteiger charge is -2.25. The van der Waals surface area contributed by atoms with Gasteiger partial charge in [-0.05, 0) is 60.9 Å². The van der Waals surface area contributed by atoms with Gasteiger partial charge in [0.2, 0.25) is 0 Å². The molecule has 3 aromatic rings. The second kappa shape index (κ2) is 8.83. The summed E-state index contributed by atoms with van der Waals surface area (Å²) in [5.74, 6) is -0.893. The Labute approximate surface area is 186 Å². The van der Waals surface area contributed by atoms with Crippen LogP contribution in [0, 0.1) is 18.2 Å². The number of benzene rings is 3. The first-order chi connectivity index (χ1) is 15.4. The summed E-state index contributed by atoms with van der Waals surface area (Å²) in [7, 11) is 0. The number of rotatable bonds is 6. The number of amides is 1. The van der Waals surface area contributed by atoms with Crippen molar-refractivity contribution in [3.8, 4) is 16.9 Å². The van der Waals surface area contributed by atoms with Crippen LogP contribution in [0.25, 0.3) is 11.1 Å². The molecule has 1 aliphatic heterocycles. The van der Waals surface area contributed by atoms with Crippen molar-refractivity contribution in [2.24, 2.45) is 5.41 Å². The van der Waals surface area contributed by atoms with Crippen molar-refractivity contribution in [2.45, 2.75) is 13.3 Å². The molecule has 1 amide bonds. The van der Waals surface area contributed by atoms with Gasteiger partial charge in [0.25, 0.3) is 5.91 Å². The zero-order chi connectivity index (χ0) is 22.7. The fourth-order valence-electron chi connectivity index (χ4n) is 3.89. The monoisotopic (exact) mass is 433 g/mol. The first-order valence-corrected chi connectivity index (χ1v) is 10.4. The lowest BCUT2D eigenvalue weighted by molar-refractivity contribution is -0.149. The minimum Gasteiger partial charge on any atom is -0.492 e. The van der Waals surface area contributed by atoms with E-state index in [1.807, 2.05) is 31.2 Å². The highest BCUT2D eigenvalue weighted by Crippen LogP contribution is 2.33. The second-order valence-electron chi connectivity index (χ2n) is 8.25. The van der Waals surface area contributed by atoms with Gasteiger partial charge in [0.1, 0.15) is 23.6 Å². The quantitative estimate of drug-likeness (QED) is 0.607. The van der Waals surface area contributed by atoms with E-state index in [4.69, 9.17) is 4.74 Å². The summed E-state index contributed by atoms with van der Waals surface area (Å²) in [4.78, 5) is 26.5. The van der Waals surface area contributed by atoms with Crippen LogP contribution in [0.5, 0.6) is 5.75 Å². The maximum absolute atomic E-state index is 13.1. The first-order valence-electron chi connectivity index (χ1n) is 10.4. The molecule has 0 saturated carbocycles. The molecule has 0 aliphatic carbocycles. The fourth-order valence-corrected chi connectivity index (χ4v) is 3.89. The van der Waals surface area contributed by atoms with Gasteiger partial charge in [-0.15, -0.1) is 0 Å². The zero-order valence-electron chi connectivity index (χ0n) is 17.8. The summed E-state index contributed by atoms with van der Waals surface area (Å²) in [5, 5.41) is 9.91. The Morgan fingerprint density at radius 1 is 0.969 bits per heavy atom. The van der Waals surface area contributed by atoms with Crippen LogP contribution in [0.3, 0.4) is 0 Å². The number of hydrogen-bond acceptors (Lipinski definition) is 3. The Kier molecular flexibility index (Phi) is 5.95. The highest BCUT2D eigenvalue weighted by Gasteiger charge is 2.47. The maximum Gasteiger partial charge on any atom is 0.315 e. The third-order valence-corrected chi connectivity index (χ3v) is 5.94. The summed E-state index contributed by atoms with van der Waals surface area (Å²) in [6, 6.07) is 20.7. The van der Waals surface area contributed by atoms with E-state index in [9.17, 15) is 19.1 Å². The summed E-state index contributed by atoms with van der Waals surface area (Å²) in [6.07, 6.45) is 0.327. The van der Waals surface area contributed by atoms with Gasteiger partial charge in [0, 0.05) is 18.7 Å². The summed E-state index contributed by atoms with van der Waals surface area (Å²) in [6.45, 7) is 2.38. The van der Waals surface area contributed by atoms with Crippen LogP contribution in [-0.4, -0.2) is 41.6 Å². The topological polar surface area (TPSA) is 66.8 Å². The SMILES string of the molecule is Cc1ccc(C(=O)N2CCC(COc3ccc(-c4ccc(F)cc4)cc3)(C(=O)O)C2)cc1. The predicted octanol–water partition coefficient (Wildman–Crippen LogP) is 4.80. The highest BCUT2D eigenvalue weighted by molar-refractivity contribution is 5.95. The van der Waals surface area contributed by atoms with Gasteiger partial charge < -0.3 is 14.7 Å². The van der Waals surface area contributed by atoms with Gasteiger partial charge in [0.15, 0.2) is 0 Å². The molecule has 0 spiro atoms. The van der Waals surface area contributed by atoms with Crippen molar-refractivity contribution < 1.29 is 23.8 Å². The molecule has 1 saturated heterocycles. The Hall–Kier alpha value is -3.67. The molecule has 6 heteroatoms. The number of carboxylic acids is 1. The Morgan fingerprint density at radius 3 is 2.16 bits per heavy atom. The number of carbonyl (C=O) groups excluding carboxylic acids is 1. The van der Waals surface area contributed by atoms with Gasteiger partial charge in [-0.3, -0.25) is 9.59 Å². The van der Waals surface area contributed by atoms with Crippen molar-refractivity contribution in [2.75, 3.05) is 19.7 Å². The summed E-state index contributed by atoms with van der Waals surface area (Å²) >= 11 is 0. The van der Waals surface area contributed by atoms with Crippen molar-refractivity contribution in [1.82, 2.24) is 4.90 Å². The standard InChI is InChI=1S/C26H24FNO4/c1-18-2-4-21(5-3-18)24(29)28-15-14-26(16-28,25(30)31)17-32-23-12-8-20(9-13-23)19-6-10-22(27)11-7-19/h2-13H,14-17H2,1H3,(H,30,31). The number of hydrogen-bond donors (Lipinski definition) is 1. The lowest BCUT2D eigenvalue weighted by atomic mass is 9.88. The number of carbonyl (C=O) groups is 2. The molecule has 1 N–H and O–H groups in total. The average molecular weight is 433 g/mol. The number of carboxylic acid groups (broad SMARTS) is 1. The molecule has 164 valence electrons. The number of halogens is 1. The maximum atomic E-state index is 13.1. The molecule has 0 bridgehead atoms. The van der Waals surface area contributed by atoms with Gasteiger partial charge in [0.05, 0.1) is 0 Å². The van der Waals surface area contributed by atoms with E-state index in [1.165, 1.54) is 12.1 Å². The molecule has 1 unspecified atom stereocenters. The van der Waals surface area contributed by atoms with Crippen LogP contribution in [0.2, 0.25) is 0 Å². The Balaban J connectivity index is 1.42. The summed E-state index contributed by atoms with van der Waals surface area (Å²) in [5.41, 5.74) is 2.23. The number of aryl methyl sites for hydroxylation is 1. The largest absolute Gasteiger partial charge is 0.492 e. The molecular formula is C26H24FNO4. The van der Waals surface area contributed by atoms with E-state index in [0.717, 1.165) is 16.7 Å². The van der Waals surface area contributed by atoms with E-state index in [1.54, 1.807) is 41.3 Å². The first kappa shape index (κ1) is 21.6. The van der Waals surface area contributed by atoms with Crippen LogP contribution >= 0.6 is 0 Å². The summed E-state index contributed by atoms with van der Waals surface area (Å²) < 4.78 is 18.9. The van der Waals surface area contributed by atoms with Gasteiger partial charge in [-0.1, -0.05) is 42.0 Å². The number of ether oxygens (including phenoxy) is 1. The molecule has 1 aliphatic rings. The third-order valence-electron chi connectivity index (χ3n) is 5.94. The lowest BCUT2D eigenvalue weighted by Crippen LogP contribution is -2.41. The van der Waals surface area contributed by atoms with Gasteiger partial charge >= 0.3 is 5.97 Å². The molecule has 4 rings (SSSR count). The van der Waals surface area contributed by atoms with Crippen LogP contribution < -0.4 is 4.74 Å². The van der Waals surface area contributed by atoms with Crippen LogP contribution in [0.4, 0.5) is 4.39 Å². The van der Waals surface area contributed by atoms with Crippen LogP contribution in [0.15, 0.2) is 72.8 Å². The number of likely N-dealkylation sites (tertiary alicyclic amines) is 1. The van der Waals surface area contributed by atoms with Crippen molar-refractivity contribution in [1.29, 1.82) is 0 Å². The third kappa shape index (κ3) is 4.49. The van der Waals surface area contributed by atoms with Crippen molar-refractivity contribution >= 4 is 11.9 Å². The molecule has 0 aromatic heterocycles. The molecular weight excluding hydrogens is 409 g/mol. The van der Waals surface area contributed by atoms with Crippen molar-refractivity contribution in [3.63, 3.8) is 0 Å². The van der Waals surface area contributed by atoms with E-state index >= 15 is 0 Å². The molecule has 5 nitrogen and oxygen atoms in total. The minimum absolute atomic E-state index is 0.0318. The minimum atomic E-state index is -1.16. The van der Waals surface area contributed by atoms with Crippen LogP contribution in [0.1, 0.15) is 22.3 Å².